The molecule has 5 unspecified atom stereocenters. The molecule has 2 aliphatic carbocycles. The van der Waals surface area contributed by atoms with Crippen molar-refractivity contribution in [1.82, 2.24) is 10.2 Å². The van der Waals surface area contributed by atoms with Gasteiger partial charge in [-0.25, -0.2) is 0 Å². The van der Waals surface area contributed by atoms with Gasteiger partial charge in [-0.3, -0.25) is 9.69 Å². The lowest BCUT2D eigenvalue weighted by Crippen LogP contribution is -2.50. The summed E-state index contributed by atoms with van der Waals surface area (Å²) in [4.78, 5) is 17.7. The van der Waals surface area contributed by atoms with E-state index in [2.05, 4.69) is 59.3 Å². The molecular weight excluding hydrogens is 334 g/mol. The second kappa shape index (κ2) is 8.22. The number of hydrogen-bond donors (Lipinski definition) is 1. The topological polar surface area (TPSA) is 35.6 Å². The molecule has 1 amide bonds. The third kappa shape index (κ3) is 4.16. The van der Waals surface area contributed by atoms with Crippen LogP contribution in [0.25, 0.3) is 0 Å². The summed E-state index contributed by atoms with van der Waals surface area (Å²) in [6.07, 6.45) is 6.64. The smallest absolute Gasteiger partial charge is 0.237 e. The highest BCUT2D eigenvalue weighted by atomic mass is 16.2. The van der Waals surface area contributed by atoms with E-state index in [9.17, 15) is 4.79 Å². The number of fused-ring (bicyclic) bond motifs is 2. The molecule has 2 saturated carbocycles. The second-order valence-corrected chi connectivity index (χ2v) is 9.02. The number of rotatable bonds is 5. The van der Waals surface area contributed by atoms with Crippen LogP contribution in [0.4, 0.5) is 5.69 Å². The number of hydrogen-bond acceptors (Lipinski definition) is 3. The third-order valence-corrected chi connectivity index (χ3v) is 7.38. The zero-order valence-electron chi connectivity index (χ0n) is 16.9. The Balaban J connectivity index is 1.29. The molecule has 0 spiro atoms. The highest BCUT2D eigenvalue weighted by Crippen LogP contribution is 2.49. The van der Waals surface area contributed by atoms with E-state index in [-0.39, 0.29) is 11.9 Å². The minimum absolute atomic E-state index is 0.0400. The van der Waals surface area contributed by atoms with E-state index in [1.807, 2.05) is 0 Å². The minimum Gasteiger partial charge on any atom is -0.370 e. The van der Waals surface area contributed by atoms with Gasteiger partial charge in [-0.1, -0.05) is 24.6 Å². The van der Waals surface area contributed by atoms with Crippen LogP contribution in [0.1, 0.15) is 46.0 Å². The first-order chi connectivity index (χ1) is 13.1. The van der Waals surface area contributed by atoms with Crippen molar-refractivity contribution in [2.45, 2.75) is 58.0 Å². The summed E-state index contributed by atoms with van der Waals surface area (Å²) in [5.41, 5.74) is 1.29. The summed E-state index contributed by atoms with van der Waals surface area (Å²) in [7, 11) is 0. The molecule has 27 heavy (non-hydrogen) atoms. The molecule has 0 aromatic heterocycles. The van der Waals surface area contributed by atoms with Gasteiger partial charge in [-0.15, -0.1) is 0 Å². The Kier molecular flexibility index (Phi) is 5.72. The van der Waals surface area contributed by atoms with Gasteiger partial charge in [0.25, 0.3) is 0 Å². The Bertz CT molecular complexity index is 634. The molecule has 4 rings (SSSR count). The quantitative estimate of drug-likeness (QED) is 0.862. The molecule has 1 aromatic rings. The van der Waals surface area contributed by atoms with Crippen LogP contribution in [-0.4, -0.2) is 49.1 Å². The van der Waals surface area contributed by atoms with Crippen molar-refractivity contribution in [1.29, 1.82) is 0 Å². The summed E-state index contributed by atoms with van der Waals surface area (Å²) in [6, 6.07) is 10.9. The molecule has 2 bridgehead atoms. The third-order valence-electron chi connectivity index (χ3n) is 7.38. The van der Waals surface area contributed by atoms with Crippen molar-refractivity contribution < 1.29 is 4.79 Å². The lowest BCUT2D eigenvalue weighted by Gasteiger charge is -2.32. The molecular formula is C23H35N3O. The van der Waals surface area contributed by atoms with Crippen LogP contribution in [0, 0.1) is 17.8 Å². The molecule has 1 aliphatic heterocycles. The van der Waals surface area contributed by atoms with Crippen LogP contribution in [0.2, 0.25) is 0 Å². The maximum Gasteiger partial charge on any atom is 0.237 e. The molecule has 1 aromatic carbocycles. The van der Waals surface area contributed by atoms with E-state index in [1.54, 1.807) is 0 Å². The minimum atomic E-state index is -0.0400. The predicted molar refractivity (Wildman–Crippen MR) is 111 cm³/mol. The van der Waals surface area contributed by atoms with Gasteiger partial charge in [-0.2, -0.15) is 0 Å². The van der Waals surface area contributed by atoms with Gasteiger partial charge in [-0.05, 0) is 69.4 Å². The standard InChI is InChI=1S/C23H35N3O/c1-17(22-16-19-9-10-20(22)15-19)24-23(27)18(2)25-11-6-12-26(14-13-25)21-7-4-3-5-8-21/h3-5,7-8,17-20,22H,6,9-16H2,1-2H3,(H,24,27). The average molecular weight is 370 g/mol. The summed E-state index contributed by atoms with van der Waals surface area (Å²) >= 11 is 0. The monoisotopic (exact) mass is 369 g/mol. The van der Waals surface area contributed by atoms with Crippen molar-refractivity contribution >= 4 is 11.6 Å². The summed E-state index contributed by atoms with van der Waals surface area (Å²) < 4.78 is 0. The van der Waals surface area contributed by atoms with Crippen LogP contribution < -0.4 is 10.2 Å². The largest absolute Gasteiger partial charge is 0.370 e. The van der Waals surface area contributed by atoms with Gasteiger partial charge in [0, 0.05) is 37.9 Å². The van der Waals surface area contributed by atoms with Gasteiger partial charge < -0.3 is 10.2 Å². The van der Waals surface area contributed by atoms with E-state index < -0.39 is 0 Å². The Labute approximate surface area is 164 Å². The molecule has 4 heteroatoms. The van der Waals surface area contributed by atoms with Gasteiger partial charge in [0.2, 0.25) is 5.91 Å². The van der Waals surface area contributed by atoms with Gasteiger partial charge >= 0.3 is 0 Å². The summed E-state index contributed by atoms with van der Waals surface area (Å²) in [6.45, 7) is 8.32. The number of nitrogens with one attached hydrogen (secondary N) is 1. The maximum absolute atomic E-state index is 12.9. The highest BCUT2D eigenvalue weighted by Gasteiger charge is 2.42. The molecule has 3 aliphatic rings. The van der Waals surface area contributed by atoms with Crippen molar-refractivity contribution in [2.75, 3.05) is 31.1 Å². The molecule has 4 nitrogen and oxygen atoms in total. The van der Waals surface area contributed by atoms with Crippen LogP contribution in [-0.2, 0) is 4.79 Å². The lowest BCUT2D eigenvalue weighted by atomic mass is 9.84. The fraction of sp³-hybridized carbons (Fsp3) is 0.696. The van der Waals surface area contributed by atoms with Crippen LogP contribution in [0.15, 0.2) is 30.3 Å². The molecule has 148 valence electrons. The van der Waals surface area contributed by atoms with Crippen molar-refractivity contribution in [2.24, 2.45) is 17.8 Å². The van der Waals surface area contributed by atoms with E-state index in [4.69, 9.17) is 0 Å². The highest BCUT2D eigenvalue weighted by molar-refractivity contribution is 5.81. The van der Waals surface area contributed by atoms with Gasteiger partial charge in [0.1, 0.15) is 0 Å². The normalized spacial score (nSPS) is 30.7. The fourth-order valence-corrected chi connectivity index (χ4v) is 5.75. The molecule has 1 saturated heterocycles. The molecule has 5 atom stereocenters. The van der Waals surface area contributed by atoms with Crippen LogP contribution in [0.5, 0.6) is 0 Å². The average Bonchev–Trinajstić information content (AvgIpc) is 3.24. The summed E-state index contributed by atoms with van der Waals surface area (Å²) in [5.74, 6) is 2.72. The first-order valence-electron chi connectivity index (χ1n) is 11.0. The fourth-order valence-electron chi connectivity index (χ4n) is 5.75. The van der Waals surface area contributed by atoms with Crippen LogP contribution >= 0.6 is 0 Å². The molecule has 1 N–H and O–H groups in total. The van der Waals surface area contributed by atoms with E-state index in [0.717, 1.165) is 44.4 Å². The number of carbonyl (C=O) groups excluding carboxylic acids is 1. The van der Waals surface area contributed by atoms with Gasteiger partial charge in [0.05, 0.1) is 6.04 Å². The first-order valence-corrected chi connectivity index (χ1v) is 11.0. The second-order valence-electron chi connectivity index (χ2n) is 9.02. The number of anilines is 1. The predicted octanol–water partition coefficient (Wildman–Crippen LogP) is 3.53. The van der Waals surface area contributed by atoms with E-state index in [1.165, 1.54) is 31.4 Å². The Hall–Kier alpha value is -1.55. The Morgan fingerprint density at radius 1 is 1.04 bits per heavy atom. The number of amides is 1. The number of benzene rings is 1. The molecule has 3 fully saturated rings. The van der Waals surface area contributed by atoms with Crippen molar-refractivity contribution in [3.8, 4) is 0 Å². The molecule has 0 radical (unpaired) electrons. The lowest BCUT2D eigenvalue weighted by molar-refractivity contribution is -0.126. The van der Waals surface area contributed by atoms with Crippen LogP contribution in [0.3, 0.4) is 0 Å². The zero-order chi connectivity index (χ0) is 18.8. The summed E-state index contributed by atoms with van der Waals surface area (Å²) in [5, 5.41) is 3.37. The number of carbonyl (C=O) groups is 1. The first kappa shape index (κ1) is 18.8. The number of para-hydroxylation sites is 1. The zero-order valence-corrected chi connectivity index (χ0v) is 16.9. The Morgan fingerprint density at radius 2 is 1.85 bits per heavy atom. The van der Waals surface area contributed by atoms with Crippen molar-refractivity contribution in [3.05, 3.63) is 30.3 Å². The Morgan fingerprint density at radius 3 is 2.56 bits per heavy atom. The number of nitrogens with zero attached hydrogens (tertiary/aromatic N) is 2. The van der Waals surface area contributed by atoms with Crippen molar-refractivity contribution in [3.63, 3.8) is 0 Å². The SMILES string of the molecule is CC(NC(=O)C(C)N1CCCN(c2ccccc2)CC1)C1CC2CCC1C2. The molecule has 1 heterocycles. The van der Waals surface area contributed by atoms with E-state index in [0.29, 0.717) is 12.0 Å². The van der Waals surface area contributed by atoms with Gasteiger partial charge in [0.15, 0.2) is 0 Å². The van der Waals surface area contributed by atoms with E-state index >= 15 is 0 Å². The maximum atomic E-state index is 12.9.